The van der Waals surface area contributed by atoms with Gasteiger partial charge in [-0.1, -0.05) is 6.07 Å². The molecule has 6 heteroatoms. The summed E-state index contributed by atoms with van der Waals surface area (Å²) in [5.74, 6) is 2.37. The van der Waals surface area contributed by atoms with Crippen LogP contribution in [-0.2, 0) is 0 Å². The van der Waals surface area contributed by atoms with Gasteiger partial charge in [0.05, 0.1) is 0 Å². The number of nitrogens with two attached hydrogens (primary N) is 1. The lowest BCUT2D eigenvalue weighted by molar-refractivity contribution is 0.994. The first-order valence-electron chi connectivity index (χ1n) is 5.72. The Balaban J connectivity index is 2.17. The van der Waals surface area contributed by atoms with Crippen molar-refractivity contribution in [1.82, 2.24) is 15.0 Å². The highest BCUT2D eigenvalue weighted by atomic mass is 15.2. The van der Waals surface area contributed by atoms with Crippen molar-refractivity contribution >= 4 is 17.5 Å². The smallest absolute Gasteiger partial charge is 0.139 e. The van der Waals surface area contributed by atoms with Gasteiger partial charge in [-0.25, -0.2) is 15.0 Å². The van der Waals surface area contributed by atoms with Gasteiger partial charge in [0.25, 0.3) is 0 Å². The van der Waals surface area contributed by atoms with Crippen LogP contribution in [0.2, 0.25) is 0 Å². The monoisotopic (exact) mass is 244 g/mol. The molecule has 0 atom stereocenters. The predicted molar refractivity (Wildman–Crippen MR) is 71.9 cm³/mol. The molecular formula is C12H16N6. The van der Waals surface area contributed by atoms with Gasteiger partial charge in [-0.2, -0.15) is 0 Å². The lowest BCUT2D eigenvalue weighted by Gasteiger charge is -2.17. The SMILES string of the molecule is CN(c1ccccn1)c1cc(NCCN)ncn1. The Morgan fingerprint density at radius 3 is 2.83 bits per heavy atom. The second-order valence-corrected chi connectivity index (χ2v) is 3.72. The molecule has 0 saturated carbocycles. The van der Waals surface area contributed by atoms with Crippen LogP contribution in [0.15, 0.2) is 36.8 Å². The molecule has 0 aliphatic rings. The van der Waals surface area contributed by atoms with Crippen LogP contribution in [0.1, 0.15) is 0 Å². The van der Waals surface area contributed by atoms with E-state index in [4.69, 9.17) is 5.73 Å². The van der Waals surface area contributed by atoms with Crippen molar-refractivity contribution in [3.05, 3.63) is 36.8 Å². The van der Waals surface area contributed by atoms with Gasteiger partial charge in [-0.3, -0.25) is 0 Å². The standard InChI is InChI=1S/C12H16N6/c1-18(11-4-2-3-6-15-11)12-8-10(14-7-5-13)16-9-17-12/h2-4,6,8-9H,5,7,13H2,1H3,(H,14,16,17). The van der Waals surface area contributed by atoms with E-state index < -0.39 is 0 Å². The molecule has 3 N–H and O–H groups in total. The van der Waals surface area contributed by atoms with Gasteiger partial charge >= 0.3 is 0 Å². The molecule has 18 heavy (non-hydrogen) atoms. The van der Waals surface area contributed by atoms with E-state index in [9.17, 15) is 0 Å². The predicted octanol–water partition coefficient (Wildman–Crippen LogP) is 1.01. The number of anilines is 3. The number of nitrogens with one attached hydrogen (secondary N) is 1. The summed E-state index contributed by atoms with van der Waals surface area (Å²) in [5, 5.41) is 3.12. The normalized spacial score (nSPS) is 10.1. The van der Waals surface area contributed by atoms with Crippen molar-refractivity contribution in [2.24, 2.45) is 5.73 Å². The van der Waals surface area contributed by atoms with Crippen LogP contribution in [0.3, 0.4) is 0 Å². The number of hydrogen-bond acceptors (Lipinski definition) is 6. The first kappa shape index (κ1) is 12.3. The maximum absolute atomic E-state index is 5.44. The molecule has 0 fully saturated rings. The van der Waals surface area contributed by atoms with Crippen LogP contribution < -0.4 is 16.0 Å². The zero-order valence-electron chi connectivity index (χ0n) is 10.2. The van der Waals surface area contributed by atoms with Gasteiger partial charge in [0.1, 0.15) is 23.8 Å². The number of rotatable bonds is 5. The summed E-state index contributed by atoms with van der Waals surface area (Å²) < 4.78 is 0. The summed E-state index contributed by atoms with van der Waals surface area (Å²) in [7, 11) is 1.91. The summed E-state index contributed by atoms with van der Waals surface area (Å²) in [4.78, 5) is 14.5. The maximum Gasteiger partial charge on any atom is 0.139 e. The average molecular weight is 244 g/mol. The molecule has 2 heterocycles. The third kappa shape index (κ3) is 2.92. The van der Waals surface area contributed by atoms with Crippen molar-refractivity contribution in [1.29, 1.82) is 0 Å². The zero-order valence-corrected chi connectivity index (χ0v) is 10.2. The summed E-state index contributed by atoms with van der Waals surface area (Å²) in [6.45, 7) is 1.25. The van der Waals surface area contributed by atoms with Gasteiger partial charge in [-0.05, 0) is 12.1 Å². The minimum Gasteiger partial charge on any atom is -0.369 e. The molecule has 0 aliphatic heterocycles. The minimum absolute atomic E-state index is 0.565. The fraction of sp³-hybridized carbons (Fsp3) is 0.250. The lowest BCUT2D eigenvalue weighted by Crippen LogP contribution is -2.16. The molecule has 6 nitrogen and oxygen atoms in total. The molecule has 2 aromatic heterocycles. The van der Waals surface area contributed by atoms with Crippen LogP contribution in [0, 0.1) is 0 Å². The van der Waals surface area contributed by atoms with E-state index in [1.807, 2.05) is 36.2 Å². The topological polar surface area (TPSA) is 80.0 Å². The highest BCUT2D eigenvalue weighted by Gasteiger charge is 2.06. The lowest BCUT2D eigenvalue weighted by atomic mass is 10.4. The van der Waals surface area contributed by atoms with Crippen LogP contribution >= 0.6 is 0 Å². The summed E-state index contributed by atoms with van der Waals surface area (Å²) in [5.41, 5.74) is 5.44. The van der Waals surface area contributed by atoms with Crippen LogP contribution in [0.5, 0.6) is 0 Å². The minimum atomic E-state index is 0.565. The Bertz CT molecular complexity index is 487. The second kappa shape index (κ2) is 5.92. The quantitative estimate of drug-likeness (QED) is 0.817. The van der Waals surface area contributed by atoms with E-state index in [-0.39, 0.29) is 0 Å². The van der Waals surface area contributed by atoms with E-state index in [2.05, 4.69) is 20.3 Å². The molecule has 0 saturated heterocycles. The largest absolute Gasteiger partial charge is 0.369 e. The highest BCUT2D eigenvalue weighted by Crippen LogP contribution is 2.19. The fourth-order valence-electron chi connectivity index (χ4n) is 1.50. The Morgan fingerprint density at radius 1 is 1.22 bits per heavy atom. The van der Waals surface area contributed by atoms with E-state index in [0.717, 1.165) is 17.5 Å². The molecule has 0 amide bonds. The molecular weight excluding hydrogens is 228 g/mol. The van der Waals surface area contributed by atoms with Crippen molar-refractivity contribution in [2.75, 3.05) is 30.4 Å². The Labute approximate surface area is 106 Å². The Kier molecular flexibility index (Phi) is 4.03. The molecule has 0 aliphatic carbocycles. The van der Waals surface area contributed by atoms with E-state index in [1.54, 1.807) is 6.20 Å². The van der Waals surface area contributed by atoms with E-state index in [0.29, 0.717) is 13.1 Å². The maximum atomic E-state index is 5.44. The Hall–Kier alpha value is -2.21. The number of hydrogen-bond donors (Lipinski definition) is 2. The van der Waals surface area contributed by atoms with Crippen LogP contribution in [0.25, 0.3) is 0 Å². The number of pyridine rings is 1. The highest BCUT2D eigenvalue weighted by molar-refractivity contribution is 5.57. The summed E-state index contributed by atoms with van der Waals surface area (Å²) >= 11 is 0. The second-order valence-electron chi connectivity index (χ2n) is 3.72. The van der Waals surface area contributed by atoms with Crippen molar-refractivity contribution < 1.29 is 0 Å². The fourth-order valence-corrected chi connectivity index (χ4v) is 1.50. The van der Waals surface area contributed by atoms with Gasteiger partial charge in [0.15, 0.2) is 0 Å². The van der Waals surface area contributed by atoms with Gasteiger partial charge < -0.3 is 16.0 Å². The Morgan fingerprint density at radius 2 is 2.11 bits per heavy atom. The van der Waals surface area contributed by atoms with Gasteiger partial charge in [-0.15, -0.1) is 0 Å². The van der Waals surface area contributed by atoms with Crippen molar-refractivity contribution in [2.45, 2.75) is 0 Å². The first-order valence-corrected chi connectivity index (χ1v) is 5.72. The molecule has 2 rings (SSSR count). The molecule has 0 bridgehead atoms. The molecule has 0 aromatic carbocycles. The van der Waals surface area contributed by atoms with Gasteiger partial charge in [0.2, 0.25) is 0 Å². The summed E-state index contributed by atoms with van der Waals surface area (Å²) in [6.07, 6.45) is 3.27. The van der Waals surface area contributed by atoms with E-state index in [1.165, 1.54) is 6.33 Å². The number of aromatic nitrogens is 3. The zero-order chi connectivity index (χ0) is 12.8. The molecule has 0 unspecified atom stereocenters. The molecule has 2 aromatic rings. The average Bonchev–Trinajstić information content (AvgIpc) is 2.45. The summed E-state index contributed by atoms with van der Waals surface area (Å²) in [6, 6.07) is 7.61. The van der Waals surface area contributed by atoms with Crippen LogP contribution in [-0.4, -0.2) is 35.1 Å². The van der Waals surface area contributed by atoms with Gasteiger partial charge in [0, 0.05) is 32.4 Å². The van der Waals surface area contributed by atoms with E-state index >= 15 is 0 Å². The third-order valence-corrected chi connectivity index (χ3v) is 2.44. The molecule has 94 valence electrons. The third-order valence-electron chi connectivity index (χ3n) is 2.44. The van der Waals surface area contributed by atoms with Crippen molar-refractivity contribution in [3.8, 4) is 0 Å². The first-order chi connectivity index (χ1) is 8.81. The molecule has 0 spiro atoms. The van der Waals surface area contributed by atoms with Crippen molar-refractivity contribution in [3.63, 3.8) is 0 Å². The number of nitrogens with zero attached hydrogens (tertiary/aromatic N) is 4. The van der Waals surface area contributed by atoms with Crippen LogP contribution in [0.4, 0.5) is 17.5 Å². The molecule has 0 radical (unpaired) electrons.